The zero-order chi connectivity index (χ0) is 17.3. The molecule has 0 amide bonds. The Bertz CT molecular complexity index is 534. The third kappa shape index (κ3) is 7.20. The van der Waals surface area contributed by atoms with Gasteiger partial charge in [0.15, 0.2) is 0 Å². The first-order valence-corrected chi connectivity index (χ1v) is 8.20. The number of rotatable bonds is 4. The number of nitrogen functional groups attached to an aromatic ring is 1. The molecule has 1 aromatic rings. The smallest absolute Gasteiger partial charge is 0.0664 e. The predicted octanol–water partition coefficient (Wildman–Crippen LogP) is 6.91. The normalized spacial score (nSPS) is 12.0. The van der Waals surface area contributed by atoms with E-state index in [9.17, 15) is 0 Å². The summed E-state index contributed by atoms with van der Waals surface area (Å²) in [5, 5.41) is 1.47. The summed E-state index contributed by atoms with van der Waals surface area (Å²) in [5.74, 6) is 0.451. The number of hydrogen-bond acceptors (Lipinski definition) is 1. The van der Waals surface area contributed by atoms with Crippen molar-refractivity contribution in [2.45, 2.75) is 41.0 Å². The Morgan fingerprint density at radius 2 is 1.95 bits per heavy atom. The summed E-state index contributed by atoms with van der Waals surface area (Å²) in [4.78, 5) is 0. The topological polar surface area (TPSA) is 26.0 Å². The van der Waals surface area contributed by atoms with Crippen LogP contribution in [0.4, 0.5) is 5.69 Å². The van der Waals surface area contributed by atoms with Crippen LogP contribution < -0.4 is 5.73 Å². The molecule has 0 bridgehead atoms. The van der Waals surface area contributed by atoms with Crippen molar-refractivity contribution < 1.29 is 0 Å². The molecular weight excluding hydrogens is 313 g/mol. The van der Waals surface area contributed by atoms with E-state index in [0.717, 1.165) is 22.6 Å². The van der Waals surface area contributed by atoms with Crippen molar-refractivity contribution in [3.8, 4) is 0 Å². The van der Waals surface area contributed by atoms with E-state index >= 15 is 0 Å². The largest absolute Gasteiger partial charge is 0.398 e. The van der Waals surface area contributed by atoms with Gasteiger partial charge in [0.25, 0.3) is 0 Å². The summed E-state index contributed by atoms with van der Waals surface area (Å²) in [6.07, 6.45) is 5.26. The number of aryl methyl sites for hydroxylation is 1. The molecule has 2 N–H and O–H groups in total. The van der Waals surface area contributed by atoms with Gasteiger partial charge in [0.05, 0.1) is 10.7 Å². The predicted molar refractivity (Wildman–Crippen MR) is 103 cm³/mol. The standard InChI is InChI=1S/C12H19Cl.C7H8ClN/c1-6-7-8-11(9(2)3)12(13)10(4)5;1-5-3-2-4-6(9)7(5)8/h7-9H,4,6H2,1-3,5H3;2-4H,9H2,1H3/b8-7-,12-11-;. The van der Waals surface area contributed by atoms with Gasteiger partial charge in [-0.2, -0.15) is 0 Å². The van der Waals surface area contributed by atoms with E-state index in [1.165, 1.54) is 5.57 Å². The first kappa shape index (κ1) is 20.8. The van der Waals surface area contributed by atoms with Crippen LogP contribution in [0, 0.1) is 12.8 Å². The molecule has 0 aliphatic carbocycles. The van der Waals surface area contributed by atoms with E-state index in [-0.39, 0.29) is 0 Å². The molecule has 0 unspecified atom stereocenters. The first-order valence-electron chi connectivity index (χ1n) is 7.44. The molecule has 0 aliphatic heterocycles. The van der Waals surface area contributed by atoms with Crippen molar-refractivity contribution in [3.63, 3.8) is 0 Å². The van der Waals surface area contributed by atoms with Crippen molar-refractivity contribution in [3.05, 3.63) is 63.7 Å². The van der Waals surface area contributed by atoms with Crippen LogP contribution in [0.5, 0.6) is 0 Å². The maximum Gasteiger partial charge on any atom is 0.0664 e. The van der Waals surface area contributed by atoms with Gasteiger partial charge in [-0.25, -0.2) is 0 Å². The van der Waals surface area contributed by atoms with Crippen LogP contribution >= 0.6 is 23.2 Å². The van der Waals surface area contributed by atoms with Crippen LogP contribution in [0.25, 0.3) is 0 Å². The quantitative estimate of drug-likeness (QED) is 0.468. The monoisotopic (exact) mass is 339 g/mol. The molecule has 0 fully saturated rings. The summed E-state index contributed by atoms with van der Waals surface area (Å²) in [5.41, 5.74) is 9.28. The zero-order valence-corrected chi connectivity index (χ0v) is 15.7. The molecule has 0 atom stereocenters. The summed E-state index contributed by atoms with van der Waals surface area (Å²) in [7, 11) is 0. The van der Waals surface area contributed by atoms with Crippen LogP contribution in [0.2, 0.25) is 5.02 Å². The Morgan fingerprint density at radius 3 is 2.32 bits per heavy atom. The van der Waals surface area contributed by atoms with Gasteiger partial charge in [-0.3, -0.25) is 0 Å². The van der Waals surface area contributed by atoms with Crippen LogP contribution in [-0.2, 0) is 0 Å². The van der Waals surface area contributed by atoms with E-state index in [1.807, 2.05) is 26.0 Å². The minimum atomic E-state index is 0.451. The van der Waals surface area contributed by atoms with Crippen molar-refractivity contribution in [1.82, 2.24) is 0 Å². The second kappa shape index (κ2) is 10.5. The molecule has 0 radical (unpaired) electrons. The highest BCUT2D eigenvalue weighted by atomic mass is 35.5. The molecule has 0 saturated carbocycles. The number of nitrogens with two attached hydrogens (primary N) is 1. The lowest BCUT2D eigenvalue weighted by atomic mass is 10.00. The summed E-state index contributed by atoms with van der Waals surface area (Å²) >= 11 is 11.9. The van der Waals surface area contributed by atoms with Gasteiger partial charge in [0.1, 0.15) is 0 Å². The molecule has 0 aliphatic rings. The SMILES string of the molecule is C=C(C)/C(Cl)=C(\C=C/CC)C(C)C.Cc1cccc(N)c1Cl. The molecule has 1 aromatic carbocycles. The Morgan fingerprint density at radius 1 is 1.36 bits per heavy atom. The lowest BCUT2D eigenvalue weighted by Gasteiger charge is -2.10. The van der Waals surface area contributed by atoms with Gasteiger partial charge in [0, 0.05) is 5.03 Å². The fraction of sp³-hybridized carbons (Fsp3) is 0.368. The van der Waals surface area contributed by atoms with Crippen LogP contribution in [0.15, 0.2) is 53.1 Å². The highest BCUT2D eigenvalue weighted by Gasteiger charge is 2.06. The Kier molecular flexibility index (Phi) is 9.97. The van der Waals surface area contributed by atoms with Crippen molar-refractivity contribution in [2.75, 3.05) is 5.73 Å². The Hall–Kier alpha value is -1.18. The van der Waals surface area contributed by atoms with E-state index in [0.29, 0.717) is 16.6 Å². The van der Waals surface area contributed by atoms with Gasteiger partial charge in [-0.15, -0.1) is 0 Å². The molecule has 0 aromatic heterocycles. The molecule has 122 valence electrons. The summed E-state index contributed by atoms with van der Waals surface area (Å²) in [6.45, 7) is 14.1. The minimum absolute atomic E-state index is 0.451. The highest BCUT2D eigenvalue weighted by molar-refractivity contribution is 6.33. The fourth-order valence-electron chi connectivity index (χ4n) is 1.68. The number of benzene rings is 1. The summed E-state index contributed by atoms with van der Waals surface area (Å²) < 4.78 is 0. The number of anilines is 1. The van der Waals surface area contributed by atoms with Gasteiger partial charge in [-0.1, -0.05) is 74.8 Å². The molecule has 22 heavy (non-hydrogen) atoms. The van der Waals surface area contributed by atoms with Gasteiger partial charge < -0.3 is 5.73 Å². The fourth-order valence-corrected chi connectivity index (χ4v) is 2.09. The third-order valence-electron chi connectivity index (χ3n) is 3.00. The second-order valence-electron chi connectivity index (χ2n) is 5.49. The molecular formula is C19H27Cl2N. The molecule has 1 nitrogen and oxygen atoms in total. The van der Waals surface area contributed by atoms with Crippen molar-refractivity contribution in [2.24, 2.45) is 5.92 Å². The van der Waals surface area contributed by atoms with Gasteiger partial charge >= 0.3 is 0 Å². The van der Waals surface area contributed by atoms with E-state index in [1.54, 1.807) is 6.07 Å². The molecule has 0 spiro atoms. The average molecular weight is 340 g/mol. The second-order valence-corrected chi connectivity index (χ2v) is 6.25. The van der Waals surface area contributed by atoms with Crippen LogP contribution in [0.1, 0.15) is 39.7 Å². The van der Waals surface area contributed by atoms with E-state index in [2.05, 4.69) is 39.5 Å². The first-order chi connectivity index (χ1) is 10.2. The van der Waals surface area contributed by atoms with E-state index < -0.39 is 0 Å². The number of allylic oxidation sites excluding steroid dienone is 5. The number of hydrogen-bond donors (Lipinski definition) is 1. The van der Waals surface area contributed by atoms with Crippen LogP contribution in [-0.4, -0.2) is 0 Å². The lowest BCUT2D eigenvalue weighted by Crippen LogP contribution is -1.94. The molecule has 3 heteroatoms. The minimum Gasteiger partial charge on any atom is -0.398 e. The molecule has 1 rings (SSSR count). The third-order valence-corrected chi connectivity index (χ3v) is 4.06. The van der Waals surface area contributed by atoms with Gasteiger partial charge in [0.2, 0.25) is 0 Å². The van der Waals surface area contributed by atoms with Crippen molar-refractivity contribution >= 4 is 28.9 Å². The zero-order valence-electron chi connectivity index (χ0n) is 14.2. The molecule has 0 saturated heterocycles. The Labute approximate surface area is 145 Å². The van der Waals surface area contributed by atoms with Gasteiger partial charge in [-0.05, 0) is 49.0 Å². The average Bonchev–Trinajstić information content (AvgIpc) is 2.45. The highest BCUT2D eigenvalue weighted by Crippen LogP contribution is 2.24. The van der Waals surface area contributed by atoms with Crippen LogP contribution in [0.3, 0.4) is 0 Å². The Balaban J connectivity index is 0.000000425. The van der Waals surface area contributed by atoms with Crippen molar-refractivity contribution in [1.29, 1.82) is 0 Å². The maximum atomic E-state index is 6.14. The number of halogens is 2. The van der Waals surface area contributed by atoms with E-state index in [4.69, 9.17) is 28.9 Å². The molecule has 0 heterocycles. The lowest BCUT2D eigenvalue weighted by molar-refractivity contribution is 0.787. The maximum absolute atomic E-state index is 6.14. The summed E-state index contributed by atoms with van der Waals surface area (Å²) in [6, 6.07) is 5.60.